The van der Waals surface area contributed by atoms with Crippen LogP contribution >= 0.6 is 0 Å². The number of amides is 1. The van der Waals surface area contributed by atoms with Gasteiger partial charge in [0.2, 0.25) is 0 Å². The molecule has 33 heavy (non-hydrogen) atoms. The van der Waals surface area contributed by atoms with Gasteiger partial charge in [0.1, 0.15) is 12.1 Å². The number of nitrogens with zero attached hydrogens (tertiary/aromatic N) is 6. The first kappa shape index (κ1) is 21.1. The lowest BCUT2D eigenvalue weighted by Gasteiger charge is -2.32. The number of carbonyl (C=O) groups is 1. The van der Waals surface area contributed by atoms with E-state index in [1.54, 1.807) is 18.7 Å². The van der Waals surface area contributed by atoms with E-state index in [1.807, 2.05) is 45.9 Å². The van der Waals surface area contributed by atoms with Crippen molar-refractivity contribution in [2.45, 2.75) is 13.0 Å². The number of carbonyl (C=O) groups excluding carboxylic acids is 1. The summed E-state index contributed by atoms with van der Waals surface area (Å²) in [4.78, 5) is 30.9. The summed E-state index contributed by atoms with van der Waals surface area (Å²) in [5, 5.41) is 3.41. The van der Waals surface area contributed by atoms with Crippen LogP contribution in [0.25, 0.3) is 16.9 Å². The van der Waals surface area contributed by atoms with Gasteiger partial charge in [0.05, 0.1) is 23.4 Å². The Balaban J connectivity index is 1.41. The van der Waals surface area contributed by atoms with Crippen LogP contribution in [0.2, 0.25) is 0 Å². The molecule has 0 saturated carbocycles. The Hall–Kier alpha value is -3.78. The number of likely N-dealkylation sites (N-methyl/N-ethyl adjacent to an activating group) is 1. The lowest BCUT2D eigenvalue weighted by molar-refractivity contribution is 0.0664. The summed E-state index contributed by atoms with van der Waals surface area (Å²) >= 11 is 0. The van der Waals surface area contributed by atoms with Crippen molar-refractivity contribution in [3.05, 3.63) is 78.4 Å². The highest BCUT2D eigenvalue weighted by Crippen LogP contribution is 2.22. The van der Waals surface area contributed by atoms with Gasteiger partial charge in [0.15, 0.2) is 5.82 Å². The third-order valence-electron chi connectivity index (χ3n) is 6.12. The number of fused-ring (bicyclic) bond motifs is 1. The number of hydrogen-bond donors (Lipinski definition) is 1. The molecule has 4 aromatic rings. The van der Waals surface area contributed by atoms with E-state index in [2.05, 4.69) is 46.3 Å². The third kappa shape index (κ3) is 4.42. The van der Waals surface area contributed by atoms with Crippen LogP contribution in [0.5, 0.6) is 0 Å². The summed E-state index contributed by atoms with van der Waals surface area (Å²) in [7, 11) is 2.08. The smallest absolute Gasteiger partial charge is 0.254 e. The molecule has 1 aliphatic heterocycles. The predicted molar refractivity (Wildman–Crippen MR) is 129 cm³/mol. The Bertz CT molecular complexity index is 1260. The fourth-order valence-electron chi connectivity index (χ4n) is 4.10. The summed E-state index contributed by atoms with van der Waals surface area (Å²) in [6.45, 7) is 5.36. The predicted octanol–water partition coefficient (Wildman–Crippen LogP) is 3.38. The lowest BCUT2D eigenvalue weighted by Crippen LogP contribution is -2.47. The fraction of sp³-hybridized carbons (Fsp3) is 0.280. The number of nitrogens with one attached hydrogen (secondary N) is 1. The highest BCUT2D eigenvalue weighted by molar-refractivity contribution is 5.97. The number of imidazole rings is 1. The number of anilines is 1. The molecule has 2 aromatic carbocycles. The molecule has 0 radical (unpaired) electrons. The van der Waals surface area contributed by atoms with E-state index < -0.39 is 0 Å². The van der Waals surface area contributed by atoms with Crippen LogP contribution in [0.15, 0.2) is 67.3 Å². The molecule has 2 aromatic heterocycles. The van der Waals surface area contributed by atoms with Crippen molar-refractivity contribution in [1.82, 2.24) is 29.3 Å². The van der Waals surface area contributed by atoms with Gasteiger partial charge in [-0.1, -0.05) is 30.3 Å². The van der Waals surface area contributed by atoms with E-state index in [1.165, 1.54) is 5.56 Å². The second kappa shape index (κ2) is 8.99. The van der Waals surface area contributed by atoms with Gasteiger partial charge in [-0.15, -0.1) is 0 Å². The molecule has 5 rings (SSSR count). The van der Waals surface area contributed by atoms with Gasteiger partial charge in [0.25, 0.3) is 5.91 Å². The highest BCUT2D eigenvalue weighted by Gasteiger charge is 2.21. The second-order valence-electron chi connectivity index (χ2n) is 8.45. The van der Waals surface area contributed by atoms with Crippen LogP contribution in [-0.4, -0.2) is 68.5 Å². The van der Waals surface area contributed by atoms with Crippen LogP contribution in [0.3, 0.4) is 0 Å². The molecular weight excluding hydrogens is 414 g/mol. The molecule has 1 aliphatic rings. The maximum absolute atomic E-state index is 13.1. The van der Waals surface area contributed by atoms with Crippen molar-refractivity contribution in [3.63, 3.8) is 0 Å². The summed E-state index contributed by atoms with van der Waals surface area (Å²) < 4.78 is 1.88. The Morgan fingerprint density at radius 3 is 2.61 bits per heavy atom. The minimum atomic E-state index is 0.0518. The zero-order valence-corrected chi connectivity index (χ0v) is 18.8. The first-order valence-corrected chi connectivity index (χ1v) is 11.2. The van der Waals surface area contributed by atoms with Gasteiger partial charge in [-0.2, -0.15) is 0 Å². The molecule has 1 atom stereocenters. The van der Waals surface area contributed by atoms with Crippen LogP contribution in [0.1, 0.15) is 28.9 Å². The van der Waals surface area contributed by atoms with Crippen LogP contribution in [-0.2, 0) is 0 Å². The van der Waals surface area contributed by atoms with Crippen molar-refractivity contribution in [2.24, 2.45) is 0 Å². The minimum absolute atomic E-state index is 0.0518. The number of rotatable bonds is 5. The Labute approximate surface area is 192 Å². The summed E-state index contributed by atoms with van der Waals surface area (Å²) in [6.07, 6.45) is 5.14. The van der Waals surface area contributed by atoms with Gasteiger partial charge in [-0.05, 0) is 37.7 Å². The SMILES string of the molecule is CC(Nc1cncc(-n2cnc3ccc(C(=O)N4CCN(C)CC4)cc32)n1)c1ccccc1. The molecule has 1 unspecified atom stereocenters. The summed E-state index contributed by atoms with van der Waals surface area (Å²) in [5.41, 5.74) is 3.47. The minimum Gasteiger partial charge on any atom is -0.362 e. The van der Waals surface area contributed by atoms with Gasteiger partial charge in [-0.25, -0.2) is 9.97 Å². The first-order valence-electron chi connectivity index (χ1n) is 11.2. The molecule has 168 valence electrons. The quantitative estimate of drug-likeness (QED) is 0.512. The van der Waals surface area contributed by atoms with Crippen molar-refractivity contribution in [1.29, 1.82) is 0 Å². The average Bonchev–Trinajstić information content (AvgIpc) is 3.28. The van der Waals surface area contributed by atoms with E-state index in [-0.39, 0.29) is 11.9 Å². The molecule has 1 fully saturated rings. The molecule has 1 N–H and O–H groups in total. The maximum atomic E-state index is 13.1. The fourth-order valence-corrected chi connectivity index (χ4v) is 4.10. The number of hydrogen-bond acceptors (Lipinski definition) is 6. The van der Waals surface area contributed by atoms with Crippen molar-refractivity contribution >= 4 is 22.8 Å². The molecule has 3 heterocycles. The van der Waals surface area contributed by atoms with Gasteiger partial charge >= 0.3 is 0 Å². The van der Waals surface area contributed by atoms with E-state index in [0.717, 1.165) is 37.2 Å². The highest BCUT2D eigenvalue weighted by atomic mass is 16.2. The zero-order valence-electron chi connectivity index (χ0n) is 18.8. The Kier molecular flexibility index (Phi) is 5.75. The molecule has 0 bridgehead atoms. The van der Waals surface area contributed by atoms with Crippen LogP contribution in [0.4, 0.5) is 5.82 Å². The van der Waals surface area contributed by atoms with E-state index >= 15 is 0 Å². The number of benzene rings is 2. The molecule has 0 aliphatic carbocycles. The third-order valence-corrected chi connectivity index (χ3v) is 6.12. The van der Waals surface area contributed by atoms with Gasteiger partial charge in [0, 0.05) is 37.8 Å². The Morgan fingerprint density at radius 1 is 1.03 bits per heavy atom. The normalized spacial score (nSPS) is 15.5. The monoisotopic (exact) mass is 441 g/mol. The Morgan fingerprint density at radius 2 is 1.82 bits per heavy atom. The van der Waals surface area contributed by atoms with Crippen LogP contribution < -0.4 is 5.32 Å². The molecule has 8 nitrogen and oxygen atoms in total. The second-order valence-corrected chi connectivity index (χ2v) is 8.45. The standard InChI is InChI=1S/C25H27N7O/c1-18(19-6-4-3-5-7-19)28-23-15-26-16-24(29-23)32-17-27-21-9-8-20(14-22(21)32)25(33)31-12-10-30(2)11-13-31/h3-9,14-18H,10-13H2,1-2H3,(H,28,29). The molecule has 8 heteroatoms. The molecule has 0 spiro atoms. The van der Waals surface area contributed by atoms with E-state index in [4.69, 9.17) is 4.98 Å². The molecule has 1 saturated heterocycles. The average molecular weight is 442 g/mol. The van der Waals surface area contributed by atoms with E-state index in [9.17, 15) is 4.79 Å². The molecule has 1 amide bonds. The van der Waals surface area contributed by atoms with Crippen molar-refractivity contribution in [2.75, 3.05) is 38.5 Å². The van der Waals surface area contributed by atoms with Gasteiger partial charge < -0.3 is 15.1 Å². The number of aromatic nitrogens is 4. The zero-order chi connectivity index (χ0) is 22.8. The van der Waals surface area contributed by atoms with E-state index in [0.29, 0.717) is 17.2 Å². The summed E-state index contributed by atoms with van der Waals surface area (Å²) in [6, 6.07) is 15.9. The largest absolute Gasteiger partial charge is 0.362 e. The lowest BCUT2D eigenvalue weighted by atomic mass is 10.1. The topological polar surface area (TPSA) is 79.2 Å². The van der Waals surface area contributed by atoms with Crippen molar-refractivity contribution < 1.29 is 4.79 Å². The molecular formula is C25H27N7O. The maximum Gasteiger partial charge on any atom is 0.254 e. The van der Waals surface area contributed by atoms with Crippen molar-refractivity contribution in [3.8, 4) is 5.82 Å². The summed E-state index contributed by atoms with van der Waals surface area (Å²) in [5.74, 6) is 1.37. The number of piperazine rings is 1. The van der Waals surface area contributed by atoms with Crippen LogP contribution in [0, 0.1) is 0 Å². The van der Waals surface area contributed by atoms with Gasteiger partial charge in [-0.3, -0.25) is 14.3 Å². The first-order chi connectivity index (χ1) is 16.1.